The Kier molecular flexibility index (Phi) is 8.71. The summed E-state index contributed by atoms with van der Waals surface area (Å²) in [5.41, 5.74) is -3.02. The summed E-state index contributed by atoms with van der Waals surface area (Å²) in [6.07, 6.45) is -1.75. The zero-order valence-corrected chi connectivity index (χ0v) is 21.7. The Hall–Kier alpha value is -2.89. The first kappa shape index (κ1) is 28.7. The van der Waals surface area contributed by atoms with Gasteiger partial charge in [0.05, 0.1) is 19.1 Å². The third-order valence-electron chi connectivity index (χ3n) is 5.19. The van der Waals surface area contributed by atoms with Crippen LogP contribution in [0.15, 0.2) is 52.2 Å². The molecule has 1 fully saturated rings. The molecule has 14 nitrogen and oxygen atoms in total. The smallest absolute Gasteiger partial charge is 0.330 e. The standard InChI is InChI=1S/C21H26N2O12S2/c1-14(24)34-17-18(31-11-15-7-5-4-6-8-15)21(12-32-36(2,27)28,13-33-37(3,29)30)35-19(17)23-10-9-16(25)22-20(23)26/h4-10,17-19H,11-13H2,1-3H3,(H,22,25,26)/t17-,18-,19-/m1/s1. The lowest BCUT2D eigenvalue weighted by atomic mass is 9.96. The number of aromatic amines is 1. The highest BCUT2D eigenvalue weighted by Crippen LogP contribution is 2.42. The van der Waals surface area contributed by atoms with Crippen molar-refractivity contribution in [3.8, 4) is 0 Å². The van der Waals surface area contributed by atoms with Gasteiger partial charge in [-0.25, -0.2) is 4.79 Å². The lowest BCUT2D eigenvalue weighted by Gasteiger charge is -2.33. The van der Waals surface area contributed by atoms with Crippen LogP contribution in [0.5, 0.6) is 0 Å². The van der Waals surface area contributed by atoms with Crippen molar-refractivity contribution in [1.82, 2.24) is 9.55 Å². The number of hydrogen-bond donors (Lipinski definition) is 1. The Bertz CT molecular complexity index is 1400. The van der Waals surface area contributed by atoms with Crippen LogP contribution in [0.2, 0.25) is 0 Å². The second kappa shape index (κ2) is 11.2. The molecular formula is C21H26N2O12S2. The third kappa shape index (κ3) is 7.80. The van der Waals surface area contributed by atoms with Gasteiger partial charge in [-0.3, -0.25) is 27.5 Å². The van der Waals surface area contributed by atoms with E-state index in [-0.39, 0.29) is 6.61 Å². The molecule has 1 aromatic carbocycles. The van der Waals surface area contributed by atoms with Crippen LogP contribution in [-0.4, -0.2) is 75.9 Å². The van der Waals surface area contributed by atoms with Gasteiger partial charge in [-0.1, -0.05) is 30.3 Å². The van der Waals surface area contributed by atoms with Crippen LogP contribution in [0.1, 0.15) is 18.7 Å². The van der Waals surface area contributed by atoms with E-state index in [1.54, 1.807) is 30.3 Å². The van der Waals surface area contributed by atoms with E-state index in [0.29, 0.717) is 5.56 Å². The molecule has 1 aromatic heterocycles. The van der Waals surface area contributed by atoms with Crippen molar-refractivity contribution in [1.29, 1.82) is 0 Å². The maximum absolute atomic E-state index is 12.6. The van der Waals surface area contributed by atoms with E-state index in [1.807, 2.05) is 4.98 Å². The summed E-state index contributed by atoms with van der Waals surface area (Å²) < 4.78 is 75.7. The van der Waals surface area contributed by atoms with E-state index < -0.39 is 74.7 Å². The molecular weight excluding hydrogens is 536 g/mol. The number of carbonyl (C=O) groups is 1. The van der Waals surface area contributed by atoms with Gasteiger partial charge in [0.1, 0.15) is 19.3 Å². The first-order chi connectivity index (χ1) is 17.2. The summed E-state index contributed by atoms with van der Waals surface area (Å²) in [6.45, 7) is -0.680. The van der Waals surface area contributed by atoms with Crippen LogP contribution < -0.4 is 11.2 Å². The first-order valence-electron chi connectivity index (χ1n) is 10.7. The zero-order chi connectivity index (χ0) is 27.4. The molecule has 0 spiro atoms. The van der Waals surface area contributed by atoms with Crippen molar-refractivity contribution in [3.63, 3.8) is 0 Å². The number of aromatic nitrogens is 2. The van der Waals surface area contributed by atoms with Gasteiger partial charge in [0.15, 0.2) is 17.9 Å². The molecule has 1 saturated heterocycles. The highest BCUT2D eigenvalue weighted by atomic mass is 32.2. The van der Waals surface area contributed by atoms with Crippen LogP contribution in [0, 0.1) is 0 Å². The molecule has 0 aliphatic carbocycles. The molecule has 16 heteroatoms. The Balaban J connectivity index is 2.15. The average Bonchev–Trinajstić information content (AvgIpc) is 3.07. The fourth-order valence-electron chi connectivity index (χ4n) is 3.67. The van der Waals surface area contributed by atoms with E-state index >= 15 is 0 Å². The summed E-state index contributed by atoms with van der Waals surface area (Å²) in [5, 5.41) is 0. The molecule has 3 atom stereocenters. The number of nitrogens with zero attached hydrogens (tertiary/aromatic N) is 1. The number of nitrogens with one attached hydrogen (secondary N) is 1. The fraction of sp³-hybridized carbons (Fsp3) is 0.476. The molecule has 2 aromatic rings. The Morgan fingerprint density at radius 3 is 2.14 bits per heavy atom. The van der Waals surface area contributed by atoms with E-state index in [9.17, 15) is 31.2 Å². The van der Waals surface area contributed by atoms with Gasteiger partial charge in [-0.15, -0.1) is 0 Å². The first-order valence-corrected chi connectivity index (χ1v) is 14.3. The Morgan fingerprint density at radius 1 is 1.03 bits per heavy atom. The van der Waals surface area contributed by atoms with Crippen molar-refractivity contribution in [2.45, 2.75) is 37.6 Å². The van der Waals surface area contributed by atoms with Crippen LogP contribution in [0.25, 0.3) is 0 Å². The van der Waals surface area contributed by atoms with E-state index in [0.717, 1.165) is 36.3 Å². The van der Waals surface area contributed by atoms with E-state index in [1.165, 1.54) is 0 Å². The summed E-state index contributed by atoms with van der Waals surface area (Å²) >= 11 is 0. The molecule has 0 amide bonds. The van der Waals surface area contributed by atoms with Crippen molar-refractivity contribution < 1.29 is 44.2 Å². The molecule has 0 radical (unpaired) electrons. The van der Waals surface area contributed by atoms with Crippen LogP contribution in [-0.2, 0) is 54.2 Å². The van der Waals surface area contributed by atoms with Crippen molar-refractivity contribution in [2.75, 3.05) is 25.7 Å². The minimum atomic E-state index is -4.09. The maximum Gasteiger partial charge on any atom is 0.330 e. The number of H-pyrrole nitrogens is 1. The molecule has 0 unspecified atom stereocenters. The topological polar surface area (TPSA) is 186 Å². The van der Waals surface area contributed by atoms with Gasteiger partial charge in [0, 0.05) is 19.2 Å². The highest BCUT2D eigenvalue weighted by Gasteiger charge is 2.60. The SMILES string of the molecule is CC(=O)O[C@H]1[C@H](n2ccc(=O)[nH]c2=O)OC(COS(C)(=O)=O)(COS(C)(=O)=O)[C@@H]1OCc1ccccc1. The van der Waals surface area contributed by atoms with Gasteiger partial charge >= 0.3 is 11.7 Å². The molecule has 0 bridgehead atoms. The summed E-state index contributed by atoms with van der Waals surface area (Å²) in [4.78, 5) is 38.3. The third-order valence-corrected chi connectivity index (χ3v) is 6.28. The molecule has 204 valence electrons. The molecule has 2 heterocycles. The molecule has 1 aliphatic heterocycles. The van der Waals surface area contributed by atoms with E-state index in [2.05, 4.69) is 0 Å². The summed E-state index contributed by atoms with van der Waals surface area (Å²) in [5.74, 6) is -0.812. The maximum atomic E-state index is 12.6. The lowest BCUT2D eigenvalue weighted by Crippen LogP contribution is -2.53. The number of hydrogen-bond acceptors (Lipinski definition) is 12. The van der Waals surface area contributed by atoms with Crippen molar-refractivity contribution in [3.05, 3.63) is 69.0 Å². The second-order valence-corrected chi connectivity index (χ2v) is 11.6. The minimum Gasteiger partial charge on any atom is -0.455 e. The number of esters is 1. The fourth-order valence-corrected chi connectivity index (χ4v) is 4.50. The zero-order valence-electron chi connectivity index (χ0n) is 20.1. The number of ether oxygens (including phenoxy) is 3. The number of rotatable bonds is 11. The molecule has 3 rings (SSSR count). The van der Waals surface area contributed by atoms with Crippen LogP contribution in [0.3, 0.4) is 0 Å². The molecule has 1 N–H and O–H groups in total. The van der Waals surface area contributed by atoms with Gasteiger partial charge in [-0.05, 0) is 5.56 Å². The van der Waals surface area contributed by atoms with Crippen LogP contribution >= 0.6 is 0 Å². The molecule has 37 heavy (non-hydrogen) atoms. The normalized spacial score (nSPS) is 21.5. The number of carbonyl (C=O) groups excluding carboxylic acids is 1. The monoisotopic (exact) mass is 562 g/mol. The van der Waals surface area contributed by atoms with Gasteiger partial charge < -0.3 is 14.2 Å². The largest absolute Gasteiger partial charge is 0.455 e. The van der Waals surface area contributed by atoms with Gasteiger partial charge in [0.2, 0.25) is 0 Å². The second-order valence-electron chi connectivity index (χ2n) is 8.31. The Labute approximate surface area is 212 Å². The van der Waals surface area contributed by atoms with Crippen molar-refractivity contribution >= 4 is 26.2 Å². The summed E-state index contributed by atoms with van der Waals surface area (Å²) in [6, 6.07) is 9.71. The quantitative estimate of drug-likeness (QED) is 0.268. The Morgan fingerprint density at radius 2 is 1.62 bits per heavy atom. The summed E-state index contributed by atoms with van der Waals surface area (Å²) in [7, 11) is -8.19. The minimum absolute atomic E-state index is 0.112. The predicted molar refractivity (Wildman–Crippen MR) is 126 cm³/mol. The molecule has 1 aliphatic rings. The number of benzene rings is 1. The predicted octanol–water partition coefficient (Wildman–Crippen LogP) is -0.726. The van der Waals surface area contributed by atoms with Gasteiger partial charge in [-0.2, -0.15) is 16.8 Å². The molecule has 0 saturated carbocycles. The van der Waals surface area contributed by atoms with Gasteiger partial charge in [0.25, 0.3) is 25.8 Å². The average molecular weight is 563 g/mol. The highest BCUT2D eigenvalue weighted by molar-refractivity contribution is 7.86. The van der Waals surface area contributed by atoms with Crippen molar-refractivity contribution in [2.24, 2.45) is 0 Å². The lowest BCUT2D eigenvalue weighted by molar-refractivity contribution is -0.159. The van der Waals surface area contributed by atoms with Crippen LogP contribution in [0.4, 0.5) is 0 Å². The van der Waals surface area contributed by atoms with E-state index in [4.69, 9.17) is 22.6 Å².